The van der Waals surface area contributed by atoms with Crippen LogP contribution in [0.4, 0.5) is 8.78 Å². The number of likely N-dealkylation sites (tertiary alicyclic amines) is 1. The molecule has 0 aromatic rings. The molecule has 0 saturated carbocycles. The SMILES string of the molecule is C[N+]1(C)CC(F)(F)CC1C(O)O. The van der Waals surface area contributed by atoms with Crippen LogP contribution < -0.4 is 0 Å². The van der Waals surface area contributed by atoms with Crippen LogP contribution >= 0.6 is 0 Å². The molecule has 0 radical (unpaired) electrons. The summed E-state index contributed by atoms with van der Waals surface area (Å²) in [6.07, 6.45) is -2.11. The highest BCUT2D eigenvalue weighted by Crippen LogP contribution is 2.36. The van der Waals surface area contributed by atoms with Crippen molar-refractivity contribution in [2.45, 2.75) is 24.7 Å². The molecular formula is C7H14F2NO2+. The van der Waals surface area contributed by atoms with Crippen molar-refractivity contribution in [3.05, 3.63) is 0 Å². The van der Waals surface area contributed by atoms with Gasteiger partial charge in [0.05, 0.1) is 20.5 Å². The van der Waals surface area contributed by atoms with E-state index in [1.807, 2.05) is 0 Å². The summed E-state index contributed by atoms with van der Waals surface area (Å²) in [6.45, 7) is -0.324. The topological polar surface area (TPSA) is 40.5 Å². The summed E-state index contributed by atoms with van der Waals surface area (Å²) in [4.78, 5) is 0. The Labute approximate surface area is 69.8 Å². The molecule has 1 atom stereocenters. The zero-order valence-electron chi connectivity index (χ0n) is 7.17. The monoisotopic (exact) mass is 182 g/mol. The maximum atomic E-state index is 12.8. The first-order valence-electron chi connectivity index (χ1n) is 3.81. The molecule has 0 bridgehead atoms. The molecule has 1 aliphatic heterocycles. The van der Waals surface area contributed by atoms with E-state index in [9.17, 15) is 8.78 Å². The fourth-order valence-corrected chi connectivity index (χ4v) is 1.80. The summed E-state index contributed by atoms with van der Waals surface area (Å²) in [7, 11) is 3.15. The Morgan fingerprint density at radius 3 is 2.08 bits per heavy atom. The van der Waals surface area contributed by atoms with E-state index in [1.165, 1.54) is 0 Å². The molecular weight excluding hydrogens is 168 g/mol. The Morgan fingerprint density at radius 1 is 1.42 bits per heavy atom. The first kappa shape index (κ1) is 9.83. The van der Waals surface area contributed by atoms with Crippen LogP contribution in [0.25, 0.3) is 0 Å². The van der Waals surface area contributed by atoms with E-state index in [2.05, 4.69) is 0 Å². The zero-order chi connectivity index (χ0) is 9.57. The number of rotatable bonds is 1. The lowest BCUT2D eigenvalue weighted by Crippen LogP contribution is -2.50. The van der Waals surface area contributed by atoms with Gasteiger partial charge in [0.1, 0.15) is 12.6 Å². The maximum Gasteiger partial charge on any atom is 0.301 e. The first-order chi connectivity index (χ1) is 5.25. The first-order valence-corrected chi connectivity index (χ1v) is 3.81. The van der Waals surface area contributed by atoms with Crippen molar-refractivity contribution < 1.29 is 23.5 Å². The van der Waals surface area contributed by atoms with Crippen LogP contribution in [0.5, 0.6) is 0 Å². The average Bonchev–Trinajstić information content (AvgIpc) is 1.99. The van der Waals surface area contributed by atoms with Gasteiger partial charge in [0.2, 0.25) is 6.29 Å². The lowest BCUT2D eigenvalue weighted by Gasteiger charge is -2.31. The third-order valence-electron chi connectivity index (χ3n) is 2.39. The number of hydrogen-bond acceptors (Lipinski definition) is 2. The van der Waals surface area contributed by atoms with Gasteiger partial charge in [-0.25, -0.2) is 8.78 Å². The van der Waals surface area contributed by atoms with Crippen molar-refractivity contribution in [3.8, 4) is 0 Å². The maximum absolute atomic E-state index is 12.8. The third kappa shape index (κ3) is 1.73. The fraction of sp³-hybridized carbons (Fsp3) is 1.00. The summed E-state index contributed by atoms with van der Waals surface area (Å²) >= 11 is 0. The van der Waals surface area contributed by atoms with Gasteiger partial charge in [0, 0.05) is 0 Å². The predicted octanol–water partition coefficient (Wildman–Crippen LogP) is -0.219. The molecule has 0 amide bonds. The number of hydrogen-bond donors (Lipinski definition) is 2. The van der Waals surface area contributed by atoms with Crippen LogP contribution in [0, 0.1) is 0 Å². The van der Waals surface area contributed by atoms with E-state index >= 15 is 0 Å². The Kier molecular flexibility index (Phi) is 2.14. The molecule has 5 heteroatoms. The second kappa shape index (κ2) is 2.61. The van der Waals surface area contributed by atoms with Gasteiger partial charge in [0.15, 0.2) is 0 Å². The number of alkyl halides is 2. The van der Waals surface area contributed by atoms with Gasteiger partial charge < -0.3 is 14.7 Å². The van der Waals surface area contributed by atoms with E-state index in [0.29, 0.717) is 0 Å². The molecule has 1 fully saturated rings. The van der Waals surface area contributed by atoms with E-state index < -0.39 is 24.7 Å². The summed E-state index contributed by atoms with van der Waals surface area (Å²) in [5.74, 6) is -2.77. The third-order valence-corrected chi connectivity index (χ3v) is 2.39. The zero-order valence-corrected chi connectivity index (χ0v) is 7.17. The van der Waals surface area contributed by atoms with Crippen LogP contribution in [-0.4, -0.2) is 53.6 Å². The molecule has 0 aromatic heterocycles. The van der Waals surface area contributed by atoms with Crippen molar-refractivity contribution in [1.82, 2.24) is 0 Å². The van der Waals surface area contributed by atoms with Crippen LogP contribution in [0.1, 0.15) is 6.42 Å². The minimum atomic E-state index is -2.77. The van der Waals surface area contributed by atoms with Crippen molar-refractivity contribution in [2.24, 2.45) is 0 Å². The van der Waals surface area contributed by atoms with Crippen molar-refractivity contribution >= 4 is 0 Å². The number of aliphatic hydroxyl groups excluding tert-OH is 1. The van der Waals surface area contributed by atoms with Crippen LogP contribution in [0.2, 0.25) is 0 Å². The average molecular weight is 182 g/mol. The summed E-state index contributed by atoms with van der Waals surface area (Å²) in [5.41, 5.74) is 0. The molecule has 1 saturated heterocycles. The van der Waals surface area contributed by atoms with Gasteiger partial charge in [-0.05, 0) is 0 Å². The van der Waals surface area contributed by atoms with E-state index in [1.54, 1.807) is 14.1 Å². The van der Waals surface area contributed by atoms with Gasteiger partial charge >= 0.3 is 5.92 Å². The minimum Gasteiger partial charge on any atom is -0.363 e. The molecule has 1 heterocycles. The predicted molar refractivity (Wildman–Crippen MR) is 38.6 cm³/mol. The molecule has 1 rings (SSSR count). The lowest BCUT2D eigenvalue weighted by atomic mass is 10.2. The van der Waals surface area contributed by atoms with Crippen molar-refractivity contribution in [3.63, 3.8) is 0 Å². The highest BCUT2D eigenvalue weighted by molar-refractivity contribution is 4.81. The minimum absolute atomic E-state index is 0.0370. The normalized spacial score (nSPS) is 32.8. The molecule has 0 aromatic carbocycles. The fourth-order valence-electron chi connectivity index (χ4n) is 1.80. The number of likely N-dealkylation sites (N-methyl/N-ethyl adjacent to an activating group) is 1. The number of nitrogens with zero attached hydrogens (tertiary/aromatic N) is 1. The number of quaternary nitrogens is 1. The van der Waals surface area contributed by atoms with E-state index in [4.69, 9.17) is 10.2 Å². The molecule has 2 N–H and O–H groups in total. The Bertz CT molecular complexity index is 182. The summed E-state index contributed by atoms with van der Waals surface area (Å²) in [5, 5.41) is 17.7. The highest BCUT2D eigenvalue weighted by Gasteiger charge is 2.54. The van der Waals surface area contributed by atoms with Crippen LogP contribution in [-0.2, 0) is 0 Å². The Hall–Kier alpha value is -0.260. The number of aliphatic hydroxyl groups is 2. The molecule has 1 unspecified atom stereocenters. The van der Waals surface area contributed by atoms with Crippen LogP contribution in [0.3, 0.4) is 0 Å². The van der Waals surface area contributed by atoms with E-state index in [0.717, 1.165) is 0 Å². The van der Waals surface area contributed by atoms with Crippen molar-refractivity contribution in [2.75, 3.05) is 20.6 Å². The Balaban J connectivity index is 2.78. The second-order valence-corrected chi connectivity index (χ2v) is 3.98. The van der Waals surface area contributed by atoms with E-state index in [-0.39, 0.29) is 11.0 Å². The molecule has 1 aliphatic rings. The lowest BCUT2D eigenvalue weighted by molar-refractivity contribution is -0.911. The molecule has 0 spiro atoms. The van der Waals surface area contributed by atoms with Gasteiger partial charge in [-0.15, -0.1) is 0 Å². The van der Waals surface area contributed by atoms with Crippen LogP contribution in [0.15, 0.2) is 0 Å². The number of halogens is 2. The second-order valence-electron chi connectivity index (χ2n) is 3.98. The molecule has 12 heavy (non-hydrogen) atoms. The Morgan fingerprint density at radius 2 is 1.92 bits per heavy atom. The summed E-state index contributed by atoms with van der Waals surface area (Å²) in [6, 6.07) is -0.778. The summed E-state index contributed by atoms with van der Waals surface area (Å²) < 4.78 is 25.6. The quantitative estimate of drug-likeness (QED) is 0.435. The molecule has 0 aliphatic carbocycles. The highest BCUT2D eigenvalue weighted by atomic mass is 19.3. The standard InChI is InChI=1S/C7H14F2NO2/c1-10(2)4-7(8,9)3-5(10)6(11)12/h5-6,11-12H,3-4H2,1-2H3/q+1. The van der Waals surface area contributed by atoms with Gasteiger partial charge in [0.25, 0.3) is 0 Å². The molecule has 72 valence electrons. The van der Waals surface area contributed by atoms with Gasteiger partial charge in [-0.2, -0.15) is 0 Å². The van der Waals surface area contributed by atoms with Gasteiger partial charge in [-0.3, -0.25) is 0 Å². The smallest absolute Gasteiger partial charge is 0.301 e. The van der Waals surface area contributed by atoms with Crippen molar-refractivity contribution in [1.29, 1.82) is 0 Å². The molecule has 3 nitrogen and oxygen atoms in total. The van der Waals surface area contributed by atoms with Gasteiger partial charge in [-0.1, -0.05) is 0 Å². The largest absolute Gasteiger partial charge is 0.363 e.